The summed E-state index contributed by atoms with van der Waals surface area (Å²) >= 11 is 0. The topological polar surface area (TPSA) is 65.1 Å². The highest BCUT2D eigenvalue weighted by Gasteiger charge is 2.34. The Labute approximate surface area is 170 Å². The first kappa shape index (κ1) is 19.5. The van der Waals surface area contributed by atoms with Gasteiger partial charge in [-0.2, -0.15) is 0 Å². The summed E-state index contributed by atoms with van der Waals surface area (Å²) in [5, 5.41) is 0. The van der Waals surface area contributed by atoms with Gasteiger partial charge in [-0.3, -0.25) is 4.79 Å². The second kappa shape index (κ2) is 8.66. The Bertz CT molecular complexity index is 876. The Morgan fingerprint density at radius 3 is 2.66 bits per heavy atom. The molecule has 0 radical (unpaired) electrons. The number of esters is 1. The monoisotopic (exact) mass is 395 g/mol. The third-order valence-electron chi connectivity index (χ3n) is 5.58. The maximum atomic E-state index is 13.4. The van der Waals surface area contributed by atoms with E-state index in [0.29, 0.717) is 37.7 Å². The number of benzene rings is 2. The lowest BCUT2D eigenvalue weighted by atomic mass is 9.97. The van der Waals surface area contributed by atoms with Crippen LogP contribution >= 0.6 is 0 Å². The van der Waals surface area contributed by atoms with E-state index < -0.39 is 5.97 Å². The molecule has 0 saturated carbocycles. The molecule has 2 aromatic carbocycles. The predicted molar refractivity (Wildman–Crippen MR) is 107 cm³/mol. The quantitative estimate of drug-likeness (QED) is 0.746. The number of hydrogen-bond acceptors (Lipinski definition) is 5. The van der Waals surface area contributed by atoms with Crippen molar-refractivity contribution >= 4 is 11.9 Å². The fourth-order valence-corrected chi connectivity index (χ4v) is 3.97. The molecule has 2 aliphatic rings. The Morgan fingerprint density at radius 2 is 1.93 bits per heavy atom. The summed E-state index contributed by atoms with van der Waals surface area (Å²) < 4.78 is 16.5. The van der Waals surface area contributed by atoms with Crippen molar-refractivity contribution < 1.29 is 23.8 Å². The fourth-order valence-electron chi connectivity index (χ4n) is 3.97. The van der Waals surface area contributed by atoms with Crippen LogP contribution in [0.2, 0.25) is 0 Å². The molecule has 2 heterocycles. The molecule has 0 aliphatic carbocycles. The van der Waals surface area contributed by atoms with Crippen LogP contribution in [0.1, 0.15) is 40.4 Å². The highest BCUT2D eigenvalue weighted by molar-refractivity contribution is 5.90. The number of carbonyl (C=O) groups excluding carboxylic acids is 2. The molecular weight excluding hydrogens is 370 g/mol. The predicted octanol–water partition coefficient (Wildman–Crippen LogP) is 3.36. The molecule has 0 aromatic heterocycles. The Hall–Kier alpha value is -2.86. The molecule has 0 unspecified atom stereocenters. The third kappa shape index (κ3) is 4.12. The lowest BCUT2D eigenvalue weighted by Crippen LogP contribution is -2.42. The molecule has 2 aliphatic heterocycles. The zero-order valence-electron chi connectivity index (χ0n) is 16.5. The maximum absolute atomic E-state index is 13.4. The molecule has 1 fully saturated rings. The summed E-state index contributed by atoms with van der Waals surface area (Å²) in [6.07, 6.45) is 1.74. The van der Waals surface area contributed by atoms with Gasteiger partial charge in [0.25, 0.3) is 0 Å². The molecule has 2 atom stereocenters. The minimum absolute atomic E-state index is 0.0899. The zero-order valence-corrected chi connectivity index (χ0v) is 16.5. The first-order valence-electron chi connectivity index (χ1n) is 9.94. The van der Waals surface area contributed by atoms with Gasteiger partial charge in [0.1, 0.15) is 12.4 Å². The zero-order chi connectivity index (χ0) is 20.2. The first-order valence-corrected chi connectivity index (χ1v) is 9.94. The van der Waals surface area contributed by atoms with E-state index in [1.54, 1.807) is 12.1 Å². The molecule has 0 N–H and O–H groups in total. The molecule has 1 amide bonds. The Balaban J connectivity index is 1.68. The molecule has 29 heavy (non-hydrogen) atoms. The minimum atomic E-state index is -0.410. The van der Waals surface area contributed by atoms with Crippen molar-refractivity contribution in [2.24, 2.45) is 5.92 Å². The lowest BCUT2D eigenvalue weighted by molar-refractivity contribution is -0.143. The summed E-state index contributed by atoms with van der Waals surface area (Å²) in [5.41, 5.74) is 2.34. The van der Waals surface area contributed by atoms with Gasteiger partial charge in [0.05, 0.1) is 37.8 Å². The van der Waals surface area contributed by atoms with Crippen LogP contribution in [0.4, 0.5) is 0 Å². The number of fused-ring (bicyclic) bond motifs is 1. The number of nitrogens with zero attached hydrogens (tertiary/aromatic N) is 1. The van der Waals surface area contributed by atoms with Crippen molar-refractivity contribution in [2.75, 3.05) is 26.9 Å². The SMILES string of the molecule is COC(=O)c1ccc2c(c1)OC[C@H](c1ccccc1)N(C(=O)[C@@H]1CCCOC1)C2. The molecule has 6 nitrogen and oxygen atoms in total. The van der Waals surface area contributed by atoms with Gasteiger partial charge in [0.15, 0.2) is 0 Å². The van der Waals surface area contributed by atoms with Gasteiger partial charge in [-0.05, 0) is 30.5 Å². The van der Waals surface area contributed by atoms with E-state index in [4.69, 9.17) is 14.2 Å². The minimum Gasteiger partial charge on any atom is -0.491 e. The summed E-state index contributed by atoms with van der Waals surface area (Å²) in [6, 6.07) is 15.0. The molecule has 6 heteroatoms. The molecule has 4 rings (SSSR count). The largest absolute Gasteiger partial charge is 0.491 e. The third-order valence-corrected chi connectivity index (χ3v) is 5.58. The second-order valence-corrected chi connectivity index (χ2v) is 7.43. The van der Waals surface area contributed by atoms with E-state index >= 15 is 0 Å². The summed E-state index contributed by atoms with van der Waals surface area (Å²) in [4.78, 5) is 27.2. The van der Waals surface area contributed by atoms with Crippen molar-refractivity contribution in [2.45, 2.75) is 25.4 Å². The van der Waals surface area contributed by atoms with Gasteiger partial charge in [0, 0.05) is 12.2 Å². The molecule has 152 valence electrons. The maximum Gasteiger partial charge on any atom is 0.337 e. The van der Waals surface area contributed by atoms with Crippen molar-refractivity contribution in [3.8, 4) is 5.75 Å². The fraction of sp³-hybridized carbons (Fsp3) is 0.391. The van der Waals surface area contributed by atoms with Crippen LogP contribution in [0.3, 0.4) is 0 Å². The van der Waals surface area contributed by atoms with E-state index in [-0.39, 0.29) is 17.9 Å². The molecule has 2 aromatic rings. The van der Waals surface area contributed by atoms with Crippen molar-refractivity contribution in [3.05, 3.63) is 65.2 Å². The lowest BCUT2D eigenvalue weighted by Gasteiger charge is -2.34. The van der Waals surface area contributed by atoms with E-state index in [1.165, 1.54) is 7.11 Å². The van der Waals surface area contributed by atoms with Crippen LogP contribution < -0.4 is 4.74 Å². The normalized spacial score (nSPS) is 21.5. The Morgan fingerprint density at radius 1 is 1.10 bits per heavy atom. The van der Waals surface area contributed by atoms with E-state index in [2.05, 4.69) is 0 Å². The van der Waals surface area contributed by atoms with Crippen LogP contribution in [0.15, 0.2) is 48.5 Å². The number of carbonyl (C=O) groups is 2. The average Bonchev–Trinajstić information content (AvgIpc) is 2.98. The smallest absolute Gasteiger partial charge is 0.337 e. The molecule has 0 spiro atoms. The van der Waals surface area contributed by atoms with Crippen molar-refractivity contribution in [1.29, 1.82) is 0 Å². The number of methoxy groups -OCH3 is 1. The highest BCUT2D eigenvalue weighted by atomic mass is 16.5. The van der Waals surface area contributed by atoms with Crippen LogP contribution in [0, 0.1) is 5.92 Å². The van der Waals surface area contributed by atoms with Crippen LogP contribution in [0.25, 0.3) is 0 Å². The van der Waals surface area contributed by atoms with Gasteiger partial charge in [-0.25, -0.2) is 4.79 Å². The molecular formula is C23H25NO5. The van der Waals surface area contributed by atoms with Crippen LogP contribution in [-0.4, -0.2) is 43.7 Å². The number of ether oxygens (including phenoxy) is 3. The van der Waals surface area contributed by atoms with Crippen LogP contribution in [-0.2, 0) is 20.8 Å². The summed E-state index contributed by atoms with van der Waals surface area (Å²) in [6.45, 7) is 1.92. The number of rotatable bonds is 3. The summed E-state index contributed by atoms with van der Waals surface area (Å²) in [5.74, 6) is 0.162. The standard InChI is InChI=1S/C23H25NO5/c1-27-23(26)17-9-10-18-13-24(22(25)19-8-5-11-28-14-19)20(15-29-21(18)12-17)16-6-3-2-4-7-16/h2-4,6-7,9-10,12,19-20H,5,8,11,13-15H2,1H3/t19-,20-/m1/s1. The van der Waals surface area contributed by atoms with Crippen LogP contribution in [0.5, 0.6) is 5.75 Å². The second-order valence-electron chi connectivity index (χ2n) is 7.43. The van der Waals surface area contributed by atoms with Gasteiger partial charge < -0.3 is 19.1 Å². The Kier molecular flexibility index (Phi) is 5.81. The molecule has 0 bridgehead atoms. The van der Waals surface area contributed by atoms with Crippen molar-refractivity contribution in [3.63, 3.8) is 0 Å². The first-order chi connectivity index (χ1) is 14.2. The van der Waals surface area contributed by atoms with Gasteiger partial charge in [-0.1, -0.05) is 36.4 Å². The van der Waals surface area contributed by atoms with E-state index in [9.17, 15) is 9.59 Å². The number of amides is 1. The van der Waals surface area contributed by atoms with Gasteiger partial charge in [-0.15, -0.1) is 0 Å². The van der Waals surface area contributed by atoms with Gasteiger partial charge >= 0.3 is 5.97 Å². The van der Waals surface area contributed by atoms with E-state index in [0.717, 1.165) is 24.0 Å². The summed E-state index contributed by atoms with van der Waals surface area (Å²) in [7, 11) is 1.35. The van der Waals surface area contributed by atoms with Gasteiger partial charge in [0.2, 0.25) is 5.91 Å². The highest BCUT2D eigenvalue weighted by Crippen LogP contribution is 2.34. The average molecular weight is 395 g/mol. The van der Waals surface area contributed by atoms with Crippen molar-refractivity contribution in [1.82, 2.24) is 4.90 Å². The number of hydrogen-bond donors (Lipinski definition) is 0. The molecule has 1 saturated heterocycles. The van der Waals surface area contributed by atoms with E-state index in [1.807, 2.05) is 41.3 Å².